The van der Waals surface area contributed by atoms with E-state index in [2.05, 4.69) is 0 Å². The fourth-order valence-electron chi connectivity index (χ4n) is 1.41. The summed E-state index contributed by atoms with van der Waals surface area (Å²) in [7, 11) is -7.65. The van der Waals surface area contributed by atoms with Gasteiger partial charge in [0, 0.05) is 4.53 Å². The molecule has 188 valence electrons. The third-order valence-corrected chi connectivity index (χ3v) is 3.74. The Balaban J connectivity index is 0. The van der Waals surface area contributed by atoms with Gasteiger partial charge < -0.3 is 4.55 Å². The first-order valence-electron chi connectivity index (χ1n) is 6.04. The van der Waals surface area contributed by atoms with Crippen molar-refractivity contribution in [2.45, 2.75) is 47.8 Å². The van der Waals surface area contributed by atoms with Crippen LogP contribution in [0.15, 0.2) is 0 Å². The van der Waals surface area contributed by atoms with Crippen LogP contribution in [0, 0.1) is 0 Å². The van der Waals surface area contributed by atoms with E-state index in [1.54, 1.807) is 0 Å². The molecule has 0 saturated heterocycles. The van der Waals surface area contributed by atoms with Gasteiger partial charge in [0.05, 0.1) is 0 Å². The fraction of sp³-hybridized carbons (Fsp3) is 1.00. The van der Waals surface area contributed by atoms with Crippen molar-refractivity contribution >= 4 is 10.3 Å². The van der Waals surface area contributed by atoms with Crippen LogP contribution in [0.25, 0.3) is 0 Å². The molecule has 0 bridgehead atoms. The van der Waals surface area contributed by atoms with Gasteiger partial charge >= 0.3 is 77.3 Å². The normalized spacial score (nSPS) is 16.2. The molecule has 0 saturated carbocycles. The molecule has 0 aliphatic heterocycles. The van der Waals surface area contributed by atoms with Gasteiger partial charge in [-0.25, -0.2) is 8.42 Å². The predicted octanol–water partition coefficient (Wildman–Crippen LogP) is 1.60. The Kier molecular flexibility index (Phi) is 8.84. The molecule has 0 amide bonds. The van der Waals surface area contributed by atoms with Crippen molar-refractivity contribution in [3.05, 3.63) is 0 Å². The maximum atomic E-state index is 13.1. The van der Waals surface area contributed by atoms with Gasteiger partial charge in [-0.15, -0.1) is 4.48 Å². The van der Waals surface area contributed by atoms with Gasteiger partial charge in [-0.3, -0.25) is 0 Å². The van der Waals surface area contributed by atoms with Crippen LogP contribution in [0.2, 0.25) is 0 Å². The van der Waals surface area contributed by atoms with E-state index in [0.29, 0.717) is 0 Å². The van der Waals surface area contributed by atoms with Gasteiger partial charge in [-0.1, -0.05) is 0 Å². The molecule has 0 atom stereocenters. The Morgan fingerprint density at radius 2 is 0.719 bits per heavy atom. The molecule has 4 nitrogen and oxygen atoms in total. The molecule has 0 heterocycles. The first-order chi connectivity index (χ1) is 12.9. The van der Waals surface area contributed by atoms with Crippen LogP contribution in [0.1, 0.15) is 0 Å². The summed E-state index contributed by atoms with van der Waals surface area (Å²) in [6.07, 6.45) is -7.94. The van der Waals surface area contributed by atoms with E-state index in [-0.39, 0.29) is 29.6 Å². The number of alkyl halides is 17. The van der Waals surface area contributed by atoms with Crippen LogP contribution in [-0.4, -0.2) is 65.3 Å². The van der Waals surface area contributed by atoms with Crippen LogP contribution >= 0.6 is 0 Å². The standard InChI is InChI=1S/C8HF18NO3S.Na/c9-1(10,3(13,14)5(17,18)7(21,22)23)2(11,12)4(15,16)6(19,20)8(24,25)27(26)31(28,29)30;/h(H,28,29,30);/q;+1/p-1. The van der Waals surface area contributed by atoms with Crippen molar-refractivity contribution in [3.8, 4) is 0 Å². The van der Waals surface area contributed by atoms with Crippen molar-refractivity contribution < 1.29 is 122 Å². The summed E-state index contributed by atoms with van der Waals surface area (Å²) in [4.78, 5) is 0. The Morgan fingerprint density at radius 1 is 0.500 bits per heavy atom. The third-order valence-electron chi connectivity index (χ3n) is 3.12. The zero-order valence-corrected chi connectivity index (χ0v) is 16.7. The molecule has 0 rings (SSSR count). The molecule has 0 spiro atoms. The molecule has 0 aromatic rings. The molecular weight excluding hydrogens is 555 g/mol. The second-order valence-electron chi connectivity index (χ2n) is 5.16. The number of hydrogen-bond donors (Lipinski definition) is 0. The van der Waals surface area contributed by atoms with Crippen LogP contribution in [0.4, 0.5) is 79.1 Å². The van der Waals surface area contributed by atoms with Crippen molar-refractivity contribution in [2.24, 2.45) is 0 Å². The molecule has 0 fully saturated rings. The summed E-state index contributed by atoms with van der Waals surface area (Å²) in [5, 5.41) is 0. The summed E-state index contributed by atoms with van der Waals surface area (Å²) < 4.78 is 254. The Labute approximate surface area is 184 Å². The molecule has 0 aromatic heterocycles. The molecule has 0 aromatic carbocycles. The molecule has 0 aliphatic carbocycles. The van der Waals surface area contributed by atoms with E-state index in [1.165, 1.54) is 0 Å². The van der Waals surface area contributed by atoms with E-state index < -0.39 is 62.6 Å². The van der Waals surface area contributed by atoms with Gasteiger partial charge in [-0.2, -0.15) is 74.6 Å². The van der Waals surface area contributed by atoms with Gasteiger partial charge in [0.25, 0.3) is 0 Å². The average Bonchev–Trinajstić information content (AvgIpc) is 2.50. The second-order valence-corrected chi connectivity index (χ2v) is 6.33. The summed E-state index contributed by atoms with van der Waals surface area (Å²) in [5.74, 6) is -52.7. The summed E-state index contributed by atoms with van der Waals surface area (Å²) in [5.41, 5.74) is 0. The monoisotopic (exact) mass is 555 g/mol. The van der Waals surface area contributed by atoms with E-state index in [9.17, 15) is 92.1 Å². The minimum absolute atomic E-state index is 0. The van der Waals surface area contributed by atoms with Crippen molar-refractivity contribution in [1.29, 1.82) is 0 Å². The summed E-state index contributed by atoms with van der Waals surface area (Å²) in [6.45, 7) is 0. The zero-order valence-electron chi connectivity index (χ0n) is 13.9. The van der Waals surface area contributed by atoms with Gasteiger partial charge in [-0.05, 0) is 0 Å². The second kappa shape index (κ2) is 8.37. The first kappa shape index (κ1) is 33.8. The molecule has 24 heteroatoms. The van der Waals surface area contributed by atoms with E-state index in [4.69, 9.17) is 0 Å². The Morgan fingerprint density at radius 3 is 0.938 bits per heavy atom. The quantitative estimate of drug-likeness (QED) is 0.151. The Bertz CT molecular complexity index is 791. The van der Waals surface area contributed by atoms with Gasteiger partial charge in [0.1, 0.15) is 0 Å². The van der Waals surface area contributed by atoms with E-state index in [1.807, 2.05) is 0 Å². The van der Waals surface area contributed by atoms with Crippen LogP contribution in [0.5, 0.6) is 0 Å². The molecule has 0 aliphatic rings. The maximum Gasteiger partial charge on any atom is 1.00 e. The van der Waals surface area contributed by atoms with Gasteiger partial charge in [0.2, 0.25) is 0 Å². The molecular formula is C8F18NNaO3S. The number of nitrogens with zero attached hydrogens (tertiary/aromatic N) is 1. The average molecular weight is 555 g/mol. The van der Waals surface area contributed by atoms with Crippen LogP contribution in [0.3, 0.4) is 0 Å². The molecule has 0 unspecified atom stereocenters. The van der Waals surface area contributed by atoms with Crippen molar-refractivity contribution in [3.63, 3.8) is 0 Å². The minimum atomic E-state index is -9.02. The summed E-state index contributed by atoms with van der Waals surface area (Å²) in [6, 6.07) is -8.10. The maximum absolute atomic E-state index is 13.1. The minimum Gasteiger partial charge on any atom is -0.733 e. The van der Waals surface area contributed by atoms with E-state index in [0.717, 1.165) is 0 Å². The zero-order chi connectivity index (χ0) is 26.1. The molecule has 0 N–H and O–H groups in total. The smallest absolute Gasteiger partial charge is 0.733 e. The topological polar surface area (TPSA) is 60.4 Å². The van der Waals surface area contributed by atoms with Crippen LogP contribution in [-0.2, 0) is 10.3 Å². The number of rotatable bonds is 8. The number of halogens is 18. The van der Waals surface area contributed by atoms with E-state index >= 15 is 0 Å². The SMILES string of the molecule is O=S(=O)([O-])N(F)C(F)(F)C(F)(F)C(F)(F)C(F)(F)C(F)(F)C(F)(F)C(F)(F)C(F)(F)F.[Na+]. The fourth-order valence-corrected chi connectivity index (χ4v) is 1.80. The number of hydrogen-bond acceptors (Lipinski definition) is 3. The largest absolute Gasteiger partial charge is 1.00 e. The van der Waals surface area contributed by atoms with Crippen molar-refractivity contribution in [2.75, 3.05) is 0 Å². The molecule has 0 radical (unpaired) electrons. The van der Waals surface area contributed by atoms with Crippen LogP contribution < -0.4 is 29.6 Å². The first-order valence-corrected chi connectivity index (χ1v) is 7.40. The third kappa shape index (κ3) is 4.35. The summed E-state index contributed by atoms with van der Waals surface area (Å²) >= 11 is 0. The Hall–Kier alpha value is -0.390. The van der Waals surface area contributed by atoms with Gasteiger partial charge in [0.15, 0.2) is 10.3 Å². The molecule has 32 heavy (non-hydrogen) atoms. The van der Waals surface area contributed by atoms with Crippen molar-refractivity contribution in [1.82, 2.24) is 4.53 Å². The predicted molar refractivity (Wildman–Crippen MR) is 53.3 cm³/mol.